The second kappa shape index (κ2) is 12.3. The summed E-state index contributed by atoms with van der Waals surface area (Å²) < 4.78 is 11.5. The number of carbonyl (C=O) groups is 1. The van der Waals surface area contributed by atoms with Gasteiger partial charge in [0.1, 0.15) is 0 Å². The molecule has 0 aromatic heterocycles. The van der Waals surface area contributed by atoms with Gasteiger partial charge in [0.05, 0.1) is 0 Å². The van der Waals surface area contributed by atoms with Crippen molar-refractivity contribution >= 4 is 12.8 Å². The Morgan fingerprint density at radius 3 is 1.35 bits per heavy atom. The van der Waals surface area contributed by atoms with Gasteiger partial charge in [0.2, 0.25) is 0 Å². The summed E-state index contributed by atoms with van der Waals surface area (Å²) in [6.07, 6.45) is 13.9. The van der Waals surface area contributed by atoms with Crippen molar-refractivity contribution in [1.82, 2.24) is 0 Å². The molecule has 23 heavy (non-hydrogen) atoms. The molecule has 0 aliphatic carbocycles. The second-order valence-electron chi connectivity index (χ2n) is 7.06. The van der Waals surface area contributed by atoms with E-state index in [1.54, 1.807) is 7.11 Å². The van der Waals surface area contributed by atoms with Crippen LogP contribution < -0.4 is 0 Å². The first-order valence-electron chi connectivity index (χ1n) is 9.73. The minimum atomic E-state index is -2.45. The third-order valence-electron chi connectivity index (χ3n) is 4.93. The van der Waals surface area contributed by atoms with E-state index in [9.17, 15) is 4.79 Å². The van der Waals surface area contributed by atoms with Crippen LogP contribution in [-0.4, -0.2) is 44.3 Å². The summed E-state index contributed by atoms with van der Waals surface area (Å²) in [5.41, 5.74) is 0. The molecule has 0 rings (SSSR count). The van der Waals surface area contributed by atoms with Crippen LogP contribution in [0, 0.1) is 0 Å². The fourth-order valence-corrected chi connectivity index (χ4v) is 10.3. The third kappa shape index (κ3) is 7.98. The monoisotopic (exact) mass is 348 g/mol. The van der Waals surface area contributed by atoms with E-state index >= 15 is 0 Å². The Labute approximate surface area is 144 Å². The molecule has 4 heteroatoms. The van der Waals surface area contributed by atoms with Crippen molar-refractivity contribution in [3.05, 3.63) is 0 Å². The van der Waals surface area contributed by atoms with E-state index in [1.807, 2.05) is 0 Å². The Bertz CT molecular complexity index is 274. The summed E-state index contributed by atoms with van der Waals surface area (Å²) in [5.74, 6) is -0.135. The number of unbranched alkanes of at least 4 members (excludes halogenated alkanes) is 4. The van der Waals surface area contributed by atoms with Gasteiger partial charge >= 0.3 is 144 Å². The van der Waals surface area contributed by atoms with Crippen molar-refractivity contribution in [1.29, 1.82) is 0 Å². The van der Waals surface area contributed by atoms with Crippen LogP contribution in [-0.2, 0) is 14.1 Å². The summed E-state index contributed by atoms with van der Waals surface area (Å²) in [6.45, 7) is 6.59. The van der Waals surface area contributed by atoms with Crippen molar-refractivity contribution in [2.45, 2.75) is 79.1 Å². The van der Waals surface area contributed by atoms with Crippen LogP contribution in [0.5, 0.6) is 0 Å². The summed E-state index contributed by atoms with van der Waals surface area (Å²) in [5, 5.41) is 0. The molecule has 0 aromatic carbocycles. The predicted molar refractivity (Wildman–Crippen MR) is 104 cm³/mol. The Morgan fingerprint density at radius 1 is 0.739 bits per heavy atom. The van der Waals surface area contributed by atoms with Gasteiger partial charge in [0.15, 0.2) is 0 Å². The zero-order valence-electron chi connectivity index (χ0n) is 16.4. The maximum absolute atomic E-state index is 12.4. The van der Waals surface area contributed by atoms with Crippen LogP contribution >= 0.6 is 6.83 Å². The van der Waals surface area contributed by atoms with Crippen LogP contribution in [0.3, 0.4) is 0 Å². The van der Waals surface area contributed by atoms with Crippen molar-refractivity contribution in [3.63, 3.8) is 0 Å². The molecule has 0 heterocycles. The summed E-state index contributed by atoms with van der Waals surface area (Å²) in [7, 11) is 1.58. The maximum atomic E-state index is 12.4. The topological polar surface area (TPSA) is 35.5 Å². The first-order chi connectivity index (χ1) is 11.0. The summed E-state index contributed by atoms with van der Waals surface area (Å²) in [6, 6.07) is 0. The molecule has 0 radical (unpaired) electrons. The van der Waals surface area contributed by atoms with E-state index in [0.717, 1.165) is 24.6 Å². The fraction of sp³-hybridized carbons (Fsp3) is 0.947. The van der Waals surface area contributed by atoms with E-state index in [-0.39, 0.29) is 12.6 Å². The van der Waals surface area contributed by atoms with E-state index in [1.165, 1.54) is 51.4 Å². The van der Waals surface area contributed by atoms with Crippen LogP contribution in [0.25, 0.3) is 0 Å². The summed E-state index contributed by atoms with van der Waals surface area (Å²) in [4.78, 5) is 12.4. The van der Waals surface area contributed by atoms with Crippen molar-refractivity contribution < 1.29 is 14.1 Å². The number of rotatable bonds is 15. The van der Waals surface area contributed by atoms with Crippen LogP contribution in [0.4, 0.5) is 0 Å². The summed E-state index contributed by atoms with van der Waals surface area (Å²) >= 11 is 0. The normalized spacial score (nSPS) is 13.5. The van der Waals surface area contributed by atoms with Gasteiger partial charge in [-0.1, -0.05) is 0 Å². The third-order valence-corrected chi connectivity index (χ3v) is 11.4. The molecule has 0 aliphatic heterocycles. The molecule has 0 saturated heterocycles. The van der Waals surface area contributed by atoms with Crippen molar-refractivity contribution in [3.8, 4) is 0 Å². The van der Waals surface area contributed by atoms with E-state index in [4.69, 9.17) is 9.26 Å². The molecular formula is C19H41O3P. The van der Waals surface area contributed by atoms with Gasteiger partial charge in [0, 0.05) is 0 Å². The van der Waals surface area contributed by atoms with E-state index < -0.39 is 6.83 Å². The molecule has 140 valence electrons. The molecular weight excluding hydrogens is 307 g/mol. The minimum absolute atomic E-state index is 0.0917. The number of ether oxygens (including phenoxy) is 1. The predicted octanol–water partition coefficient (Wildman–Crippen LogP) is 5.84. The van der Waals surface area contributed by atoms with Crippen LogP contribution in [0.15, 0.2) is 0 Å². The van der Waals surface area contributed by atoms with Gasteiger partial charge in [0.25, 0.3) is 0 Å². The number of hydrogen-bond acceptors (Lipinski definition) is 3. The van der Waals surface area contributed by atoms with Gasteiger partial charge < -0.3 is 0 Å². The fourth-order valence-electron chi connectivity index (χ4n) is 3.52. The molecule has 0 fully saturated rings. The SMILES string of the molecule is CCCCP(CCCC)(CCCC)(CCCC)OC(=O)COC. The number of methoxy groups -OCH3 is 1. The van der Waals surface area contributed by atoms with Gasteiger partial charge in [-0.05, 0) is 0 Å². The van der Waals surface area contributed by atoms with Gasteiger partial charge in [-0.25, -0.2) is 0 Å². The van der Waals surface area contributed by atoms with E-state index in [2.05, 4.69) is 27.7 Å². The molecule has 0 unspecified atom stereocenters. The molecule has 3 nitrogen and oxygen atoms in total. The Balaban J connectivity index is 5.61. The Morgan fingerprint density at radius 2 is 1.09 bits per heavy atom. The van der Waals surface area contributed by atoms with E-state index in [0.29, 0.717) is 0 Å². The molecule has 0 aromatic rings. The molecule has 0 spiro atoms. The average molecular weight is 349 g/mol. The van der Waals surface area contributed by atoms with Crippen LogP contribution in [0.1, 0.15) is 79.1 Å². The van der Waals surface area contributed by atoms with Crippen molar-refractivity contribution in [2.75, 3.05) is 38.4 Å². The first kappa shape index (κ1) is 22.9. The molecule has 0 bridgehead atoms. The molecule has 0 amide bonds. The molecule has 0 aliphatic rings. The van der Waals surface area contributed by atoms with Crippen molar-refractivity contribution in [2.24, 2.45) is 0 Å². The number of carbonyl (C=O) groups excluding carboxylic acids is 1. The standard InChI is InChI=1S/C19H41O3P/c1-6-10-14-23(15-11-7-2,16-12-8-3,17-13-9-4)22-19(20)18-21-5/h6-18H2,1-5H3. The Hall–Kier alpha value is -0.140. The number of hydrogen-bond donors (Lipinski definition) is 0. The molecule has 0 saturated carbocycles. The van der Waals surface area contributed by atoms with Crippen LogP contribution in [0.2, 0.25) is 0 Å². The molecule has 0 atom stereocenters. The molecule has 0 N–H and O–H groups in total. The zero-order chi connectivity index (χ0) is 17.6. The first-order valence-corrected chi connectivity index (χ1v) is 12.6. The second-order valence-corrected chi connectivity index (χ2v) is 12.8. The quantitative estimate of drug-likeness (QED) is 0.348. The van der Waals surface area contributed by atoms with Gasteiger partial charge in [-0.3, -0.25) is 0 Å². The Kier molecular flexibility index (Phi) is 12.2. The average Bonchev–Trinajstić information content (AvgIpc) is 2.55. The van der Waals surface area contributed by atoms with Gasteiger partial charge in [-0.15, -0.1) is 0 Å². The zero-order valence-corrected chi connectivity index (χ0v) is 17.3. The van der Waals surface area contributed by atoms with Gasteiger partial charge in [-0.2, -0.15) is 0 Å².